The Labute approximate surface area is 176 Å². The van der Waals surface area contributed by atoms with Gasteiger partial charge in [0.05, 0.1) is 13.2 Å². The standard InChI is InChI=1S/C23H28FNO5/c1-16-6-3-7-17(14-16)21-18(8-4-9-19(21)24)22(30-12-5-11-28-2)20-15-25(23(26)27)10-13-29-20/h3-4,6-9,14,20,22H,5,10-13,15H2,1-2H3,(H,26,27)/t20?,22-/m0/s1. The zero-order valence-corrected chi connectivity index (χ0v) is 17.3. The minimum atomic E-state index is -1.00. The molecule has 2 aromatic rings. The van der Waals surface area contributed by atoms with Crippen LogP contribution in [0, 0.1) is 12.7 Å². The predicted molar refractivity (Wildman–Crippen MR) is 111 cm³/mol. The Morgan fingerprint density at radius 2 is 2.10 bits per heavy atom. The van der Waals surface area contributed by atoms with Crippen molar-refractivity contribution < 1.29 is 28.5 Å². The Morgan fingerprint density at radius 3 is 2.83 bits per heavy atom. The molecule has 0 radical (unpaired) electrons. The molecule has 0 aromatic heterocycles. The van der Waals surface area contributed by atoms with Crippen molar-refractivity contribution in [3.05, 3.63) is 59.4 Å². The lowest BCUT2D eigenvalue weighted by atomic mass is 9.92. The van der Waals surface area contributed by atoms with Gasteiger partial charge in [-0.3, -0.25) is 0 Å². The van der Waals surface area contributed by atoms with Gasteiger partial charge in [-0.2, -0.15) is 0 Å². The number of hydrogen-bond acceptors (Lipinski definition) is 4. The fraction of sp³-hybridized carbons (Fsp3) is 0.435. The van der Waals surface area contributed by atoms with E-state index in [1.54, 1.807) is 13.2 Å². The van der Waals surface area contributed by atoms with Crippen LogP contribution in [0.2, 0.25) is 0 Å². The molecule has 1 fully saturated rings. The summed E-state index contributed by atoms with van der Waals surface area (Å²) in [4.78, 5) is 12.8. The van der Waals surface area contributed by atoms with E-state index >= 15 is 4.39 Å². The number of nitrogens with zero attached hydrogens (tertiary/aromatic N) is 1. The summed E-state index contributed by atoms with van der Waals surface area (Å²) in [7, 11) is 1.62. The number of hydrogen-bond donors (Lipinski definition) is 1. The maximum atomic E-state index is 15.0. The van der Waals surface area contributed by atoms with Crippen LogP contribution in [-0.2, 0) is 14.2 Å². The van der Waals surface area contributed by atoms with Crippen LogP contribution in [0.5, 0.6) is 0 Å². The molecule has 7 heteroatoms. The molecule has 3 rings (SSSR count). The van der Waals surface area contributed by atoms with Crippen molar-refractivity contribution in [2.24, 2.45) is 0 Å². The molecule has 1 aliphatic heterocycles. The van der Waals surface area contributed by atoms with Gasteiger partial charge in [-0.1, -0.05) is 42.0 Å². The number of aryl methyl sites for hydroxylation is 1. The van der Waals surface area contributed by atoms with Crippen molar-refractivity contribution in [2.75, 3.05) is 40.0 Å². The number of carbonyl (C=O) groups is 1. The molecule has 0 saturated carbocycles. The fourth-order valence-electron chi connectivity index (χ4n) is 3.73. The Kier molecular flexibility index (Phi) is 7.79. The smallest absolute Gasteiger partial charge is 0.407 e. The van der Waals surface area contributed by atoms with E-state index in [-0.39, 0.29) is 19.0 Å². The zero-order valence-electron chi connectivity index (χ0n) is 17.3. The van der Waals surface area contributed by atoms with Gasteiger partial charge in [0.25, 0.3) is 0 Å². The van der Waals surface area contributed by atoms with Gasteiger partial charge in [-0.15, -0.1) is 0 Å². The van der Waals surface area contributed by atoms with Gasteiger partial charge in [-0.05, 0) is 30.5 Å². The van der Waals surface area contributed by atoms with Gasteiger partial charge in [0.2, 0.25) is 0 Å². The highest BCUT2D eigenvalue weighted by Gasteiger charge is 2.34. The average molecular weight is 417 g/mol. The SMILES string of the molecule is COCCCO[C@@H](c1cccc(F)c1-c1cccc(C)c1)C1CN(C(=O)O)CCO1. The molecule has 2 aromatic carbocycles. The third kappa shape index (κ3) is 5.36. The number of benzene rings is 2. The second-order valence-corrected chi connectivity index (χ2v) is 7.35. The first kappa shape index (κ1) is 22.2. The number of amides is 1. The summed E-state index contributed by atoms with van der Waals surface area (Å²) in [6.45, 7) is 3.61. The van der Waals surface area contributed by atoms with E-state index in [1.165, 1.54) is 11.0 Å². The minimum Gasteiger partial charge on any atom is -0.465 e. The van der Waals surface area contributed by atoms with E-state index in [0.29, 0.717) is 37.3 Å². The number of ether oxygens (including phenoxy) is 3. The second kappa shape index (κ2) is 10.5. The van der Waals surface area contributed by atoms with E-state index in [4.69, 9.17) is 14.2 Å². The first-order chi connectivity index (χ1) is 14.5. The van der Waals surface area contributed by atoms with Crippen LogP contribution < -0.4 is 0 Å². The highest BCUT2D eigenvalue weighted by molar-refractivity contribution is 5.69. The summed E-state index contributed by atoms with van der Waals surface area (Å²) in [5, 5.41) is 9.41. The van der Waals surface area contributed by atoms with Crippen LogP contribution in [0.4, 0.5) is 9.18 Å². The van der Waals surface area contributed by atoms with Crippen LogP contribution >= 0.6 is 0 Å². The van der Waals surface area contributed by atoms with Gasteiger partial charge in [0, 0.05) is 32.4 Å². The Balaban J connectivity index is 1.98. The van der Waals surface area contributed by atoms with Crippen LogP contribution in [-0.4, -0.2) is 62.2 Å². The molecular weight excluding hydrogens is 389 g/mol. The summed E-state index contributed by atoms with van der Waals surface area (Å²) < 4.78 is 32.2. The lowest BCUT2D eigenvalue weighted by molar-refractivity contribution is -0.110. The molecule has 1 N–H and O–H groups in total. The molecule has 30 heavy (non-hydrogen) atoms. The third-order valence-electron chi connectivity index (χ3n) is 5.15. The lowest BCUT2D eigenvalue weighted by Crippen LogP contribution is -2.47. The molecule has 0 bridgehead atoms. The van der Waals surface area contributed by atoms with Crippen LogP contribution in [0.1, 0.15) is 23.7 Å². The van der Waals surface area contributed by atoms with E-state index in [1.807, 2.05) is 37.3 Å². The summed E-state index contributed by atoms with van der Waals surface area (Å²) in [5.74, 6) is -0.352. The van der Waals surface area contributed by atoms with Gasteiger partial charge >= 0.3 is 6.09 Å². The lowest BCUT2D eigenvalue weighted by Gasteiger charge is -2.36. The van der Waals surface area contributed by atoms with Gasteiger partial charge in [-0.25, -0.2) is 9.18 Å². The topological polar surface area (TPSA) is 68.2 Å². The third-order valence-corrected chi connectivity index (χ3v) is 5.15. The number of morpholine rings is 1. The fourth-order valence-corrected chi connectivity index (χ4v) is 3.73. The Hall–Kier alpha value is -2.48. The summed E-state index contributed by atoms with van der Waals surface area (Å²) in [6.07, 6.45) is -1.49. The largest absolute Gasteiger partial charge is 0.465 e. The maximum absolute atomic E-state index is 15.0. The zero-order chi connectivity index (χ0) is 21.5. The van der Waals surface area contributed by atoms with Gasteiger partial charge in [0.15, 0.2) is 0 Å². The molecule has 2 atom stereocenters. The molecular formula is C23H28FNO5. The predicted octanol–water partition coefficient (Wildman–Crippen LogP) is 4.27. The van der Waals surface area contributed by atoms with Crippen LogP contribution in [0.3, 0.4) is 0 Å². The van der Waals surface area contributed by atoms with E-state index in [9.17, 15) is 9.90 Å². The molecule has 0 aliphatic carbocycles. The number of methoxy groups -OCH3 is 1. The minimum absolute atomic E-state index is 0.161. The molecule has 1 heterocycles. The van der Waals surface area contributed by atoms with Crippen molar-refractivity contribution in [2.45, 2.75) is 25.6 Å². The van der Waals surface area contributed by atoms with Gasteiger partial charge < -0.3 is 24.2 Å². The normalized spacial score (nSPS) is 17.7. The highest BCUT2D eigenvalue weighted by Crippen LogP contribution is 2.36. The van der Waals surface area contributed by atoms with E-state index in [2.05, 4.69) is 0 Å². The monoisotopic (exact) mass is 417 g/mol. The van der Waals surface area contributed by atoms with Crippen molar-refractivity contribution in [3.63, 3.8) is 0 Å². The first-order valence-electron chi connectivity index (χ1n) is 10.1. The van der Waals surface area contributed by atoms with Gasteiger partial charge in [0.1, 0.15) is 18.0 Å². The molecule has 1 saturated heterocycles. The number of rotatable bonds is 8. The summed E-state index contributed by atoms with van der Waals surface area (Å²) in [6, 6.07) is 12.5. The first-order valence-corrected chi connectivity index (χ1v) is 10.1. The average Bonchev–Trinajstić information content (AvgIpc) is 2.74. The highest BCUT2D eigenvalue weighted by atomic mass is 19.1. The van der Waals surface area contributed by atoms with Crippen LogP contribution in [0.15, 0.2) is 42.5 Å². The quantitative estimate of drug-likeness (QED) is 0.650. The molecule has 1 aliphatic rings. The van der Waals surface area contributed by atoms with E-state index < -0.39 is 18.3 Å². The number of halogens is 1. The summed E-state index contributed by atoms with van der Waals surface area (Å²) >= 11 is 0. The van der Waals surface area contributed by atoms with Crippen molar-refractivity contribution in [1.29, 1.82) is 0 Å². The Morgan fingerprint density at radius 1 is 1.30 bits per heavy atom. The van der Waals surface area contributed by atoms with Crippen molar-refractivity contribution >= 4 is 6.09 Å². The second-order valence-electron chi connectivity index (χ2n) is 7.35. The molecule has 162 valence electrons. The molecule has 1 unspecified atom stereocenters. The number of carboxylic acid groups (broad SMARTS) is 1. The molecule has 0 spiro atoms. The Bertz CT molecular complexity index is 859. The maximum Gasteiger partial charge on any atom is 0.407 e. The van der Waals surface area contributed by atoms with Crippen molar-refractivity contribution in [3.8, 4) is 11.1 Å². The molecule has 1 amide bonds. The molecule has 6 nitrogen and oxygen atoms in total. The summed E-state index contributed by atoms with van der Waals surface area (Å²) in [5.41, 5.74) is 2.87. The van der Waals surface area contributed by atoms with E-state index in [0.717, 1.165) is 11.1 Å². The van der Waals surface area contributed by atoms with Crippen molar-refractivity contribution in [1.82, 2.24) is 4.90 Å². The van der Waals surface area contributed by atoms with Crippen LogP contribution in [0.25, 0.3) is 11.1 Å².